The number of ketones is 1. The third-order valence-electron chi connectivity index (χ3n) is 4.49. The second kappa shape index (κ2) is 9.51. The third-order valence-corrected chi connectivity index (χ3v) is 4.49. The zero-order valence-corrected chi connectivity index (χ0v) is 15.9. The lowest BCUT2D eigenvalue weighted by atomic mass is 10.0. The molecule has 0 fully saturated rings. The summed E-state index contributed by atoms with van der Waals surface area (Å²) in [5.74, 6) is -0.258. The molecule has 0 aliphatic carbocycles. The van der Waals surface area contributed by atoms with Crippen molar-refractivity contribution in [2.24, 2.45) is 0 Å². The van der Waals surface area contributed by atoms with Crippen molar-refractivity contribution in [3.05, 3.63) is 90.5 Å². The molecule has 4 heteroatoms. The number of esters is 1. The standard InChI is InChI=1S/C24H23NO3/c1-28-24(27)14-8-13-23(26)19-15-17-22(18-16-19)25(20-9-4-2-5-10-20)21-11-6-3-7-12-21/h2-7,9-12,15-18H,8,13-14H2,1H3. The molecule has 0 aliphatic heterocycles. The second-order valence-electron chi connectivity index (χ2n) is 6.41. The van der Waals surface area contributed by atoms with Crippen LogP contribution in [-0.2, 0) is 9.53 Å². The summed E-state index contributed by atoms with van der Waals surface area (Å²) >= 11 is 0. The number of carbonyl (C=O) groups is 2. The lowest BCUT2D eigenvalue weighted by Crippen LogP contribution is -2.10. The first-order valence-corrected chi connectivity index (χ1v) is 9.29. The molecule has 0 radical (unpaired) electrons. The lowest BCUT2D eigenvalue weighted by molar-refractivity contribution is -0.140. The van der Waals surface area contributed by atoms with Crippen LogP contribution in [0.25, 0.3) is 0 Å². The molecule has 3 aromatic rings. The smallest absolute Gasteiger partial charge is 0.305 e. The van der Waals surface area contributed by atoms with Crippen molar-refractivity contribution >= 4 is 28.8 Å². The van der Waals surface area contributed by atoms with E-state index >= 15 is 0 Å². The molecule has 0 aromatic heterocycles. The minimum atomic E-state index is -0.287. The van der Waals surface area contributed by atoms with Gasteiger partial charge in [0.15, 0.2) is 5.78 Å². The van der Waals surface area contributed by atoms with Crippen LogP contribution in [0.2, 0.25) is 0 Å². The first-order chi connectivity index (χ1) is 13.7. The molecule has 0 spiro atoms. The molecule has 0 aliphatic rings. The Kier molecular flexibility index (Phi) is 6.58. The Morgan fingerprint density at radius 1 is 0.714 bits per heavy atom. The molecule has 0 saturated carbocycles. The highest BCUT2D eigenvalue weighted by Gasteiger charge is 2.13. The zero-order chi connectivity index (χ0) is 19.8. The number of methoxy groups -OCH3 is 1. The lowest BCUT2D eigenvalue weighted by Gasteiger charge is -2.25. The number of benzene rings is 3. The predicted octanol–water partition coefficient (Wildman–Crippen LogP) is 5.68. The van der Waals surface area contributed by atoms with Crippen molar-refractivity contribution in [2.75, 3.05) is 12.0 Å². The van der Waals surface area contributed by atoms with Crippen LogP contribution in [0, 0.1) is 0 Å². The zero-order valence-electron chi connectivity index (χ0n) is 15.9. The molecule has 0 N–H and O–H groups in total. The van der Waals surface area contributed by atoms with Gasteiger partial charge in [-0.05, 0) is 55.0 Å². The molecule has 142 valence electrons. The molecule has 0 bridgehead atoms. The minimum absolute atomic E-state index is 0.0291. The summed E-state index contributed by atoms with van der Waals surface area (Å²) in [6.07, 6.45) is 1.08. The van der Waals surface area contributed by atoms with E-state index in [1.807, 2.05) is 60.7 Å². The number of carbonyl (C=O) groups excluding carboxylic acids is 2. The summed E-state index contributed by atoms with van der Waals surface area (Å²) in [4.78, 5) is 25.7. The van der Waals surface area contributed by atoms with Gasteiger partial charge in [-0.25, -0.2) is 0 Å². The summed E-state index contributed by atoms with van der Waals surface area (Å²) in [5, 5.41) is 0. The average molecular weight is 373 g/mol. The van der Waals surface area contributed by atoms with E-state index in [2.05, 4.69) is 33.9 Å². The van der Waals surface area contributed by atoms with E-state index in [1.54, 1.807) is 0 Å². The molecule has 0 saturated heterocycles. The number of nitrogens with zero attached hydrogens (tertiary/aromatic N) is 1. The Labute approximate surface area is 165 Å². The van der Waals surface area contributed by atoms with Crippen LogP contribution in [0.4, 0.5) is 17.1 Å². The van der Waals surface area contributed by atoms with E-state index < -0.39 is 0 Å². The minimum Gasteiger partial charge on any atom is -0.469 e. The highest BCUT2D eigenvalue weighted by atomic mass is 16.5. The number of anilines is 3. The van der Waals surface area contributed by atoms with Crippen LogP contribution in [0.1, 0.15) is 29.6 Å². The number of Topliss-reactive ketones (excluding diaryl/α,β-unsaturated/α-hetero) is 1. The fraction of sp³-hybridized carbons (Fsp3) is 0.167. The number of ether oxygens (including phenoxy) is 1. The van der Waals surface area contributed by atoms with E-state index in [0.29, 0.717) is 18.4 Å². The summed E-state index contributed by atoms with van der Waals surface area (Å²) in [6.45, 7) is 0. The van der Waals surface area contributed by atoms with E-state index in [4.69, 9.17) is 0 Å². The van der Waals surface area contributed by atoms with Gasteiger partial charge in [0.25, 0.3) is 0 Å². The molecule has 4 nitrogen and oxygen atoms in total. The Hall–Kier alpha value is -3.40. The maximum Gasteiger partial charge on any atom is 0.305 e. The van der Waals surface area contributed by atoms with Gasteiger partial charge < -0.3 is 9.64 Å². The van der Waals surface area contributed by atoms with Crippen LogP contribution in [0.3, 0.4) is 0 Å². The molecule has 3 rings (SSSR count). The third kappa shape index (κ3) is 4.86. The van der Waals surface area contributed by atoms with Crippen molar-refractivity contribution in [3.8, 4) is 0 Å². The molecular weight excluding hydrogens is 350 g/mol. The normalized spacial score (nSPS) is 10.3. The van der Waals surface area contributed by atoms with Crippen molar-refractivity contribution in [2.45, 2.75) is 19.3 Å². The average Bonchev–Trinajstić information content (AvgIpc) is 2.75. The molecule has 0 heterocycles. The van der Waals surface area contributed by atoms with Gasteiger partial charge in [0.1, 0.15) is 0 Å². The summed E-state index contributed by atoms with van der Waals surface area (Å²) < 4.78 is 4.61. The van der Waals surface area contributed by atoms with Crippen LogP contribution < -0.4 is 4.90 Å². The van der Waals surface area contributed by atoms with E-state index in [-0.39, 0.29) is 18.2 Å². The molecule has 0 unspecified atom stereocenters. The number of para-hydroxylation sites is 2. The van der Waals surface area contributed by atoms with Gasteiger partial charge in [0.2, 0.25) is 0 Å². The van der Waals surface area contributed by atoms with Gasteiger partial charge >= 0.3 is 5.97 Å². The van der Waals surface area contributed by atoms with Gasteiger partial charge in [0.05, 0.1) is 7.11 Å². The van der Waals surface area contributed by atoms with Crippen LogP contribution in [-0.4, -0.2) is 18.9 Å². The number of rotatable bonds is 8. The monoisotopic (exact) mass is 373 g/mol. The quantitative estimate of drug-likeness (QED) is 0.376. The number of hydrogen-bond acceptors (Lipinski definition) is 4. The topological polar surface area (TPSA) is 46.6 Å². The molecular formula is C24H23NO3. The van der Waals surface area contributed by atoms with Gasteiger partial charge in [-0.1, -0.05) is 36.4 Å². The van der Waals surface area contributed by atoms with Gasteiger partial charge in [-0.15, -0.1) is 0 Å². The first-order valence-electron chi connectivity index (χ1n) is 9.29. The Balaban J connectivity index is 1.79. The Bertz CT molecular complexity index is 866. The maximum absolute atomic E-state index is 12.4. The summed E-state index contributed by atoms with van der Waals surface area (Å²) in [7, 11) is 1.36. The Morgan fingerprint density at radius 2 is 1.21 bits per heavy atom. The van der Waals surface area contributed by atoms with Gasteiger partial charge in [0, 0.05) is 35.5 Å². The van der Waals surface area contributed by atoms with Crippen molar-refractivity contribution in [3.63, 3.8) is 0 Å². The van der Waals surface area contributed by atoms with Gasteiger partial charge in [-0.2, -0.15) is 0 Å². The van der Waals surface area contributed by atoms with E-state index in [0.717, 1.165) is 17.1 Å². The summed E-state index contributed by atoms with van der Waals surface area (Å²) in [6, 6.07) is 27.8. The molecule has 3 aromatic carbocycles. The predicted molar refractivity (Wildman–Crippen MR) is 111 cm³/mol. The van der Waals surface area contributed by atoms with E-state index in [9.17, 15) is 9.59 Å². The highest BCUT2D eigenvalue weighted by Crippen LogP contribution is 2.34. The van der Waals surface area contributed by atoms with Crippen molar-refractivity contribution < 1.29 is 14.3 Å². The van der Waals surface area contributed by atoms with Gasteiger partial charge in [-0.3, -0.25) is 9.59 Å². The molecule has 0 atom stereocenters. The van der Waals surface area contributed by atoms with Crippen molar-refractivity contribution in [1.29, 1.82) is 0 Å². The van der Waals surface area contributed by atoms with E-state index in [1.165, 1.54) is 7.11 Å². The summed E-state index contributed by atoms with van der Waals surface area (Å²) in [5.41, 5.74) is 3.72. The number of hydrogen-bond donors (Lipinski definition) is 0. The fourth-order valence-corrected chi connectivity index (χ4v) is 3.04. The Morgan fingerprint density at radius 3 is 1.71 bits per heavy atom. The van der Waals surface area contributed by atoms with Crippen LogP contribution in [0.15, 0.2) is 84.9 Å². The van der Waals surface area contributed by atoms with Crippen LogP contribution in [0.5, 0.6) is 0 Å². The maximum atomic E-state index is 12.4. The molecule has 28 heavy (non-hydrogen) atoms. The highest BCUT2D eigenvalue weighted by molar-refractivity contribution is 5.96. The molecule has 0 amide bonds. The van der Waals surface area contributed by atoms with Crippen LogP contribution >= 0.6 is 0 Å². The second-order valence-corrected chi connectivity index (χ2v) is 6.41. The SMILES string of the molecule is COC(=O)CCCC(=O)c1ccc(N(c2ccccc2)c2ccccc2)cc1. The van der Waals surface area contributed by atoms with Crippen molar-refractivity contribution in [1.82, 2.24) is 0 Å². The first kappa shape index (κ1) is 19.4. The largest absolute Gasteiger partial charge is 0.469 e. The fourth-order valence-electron chi connectivity index (χ4n) is 3.04.